The van der Waals surface area contributed by atoms with Crippen molar-refractivity contribution in [1.82, 2.24) is 19.9 Å². The van der Waals surface area contributed by atoms with E-state index in [1.807, 2.05) is 52.0 Å². The summed E-state index contributed by atoms with van der Waals surface area (Å²) >= 11 is 1.38. The van der Waals surface area contributed by atoms with Crippen LogP contribution in [-0.4, -0.2) is 55.7 Å². The fourth-order valence-electron chi connectivity index (χ4n) is 3.13. The van der Waals surface area contributed by atoms with E-state index >= 15 is 0 Å². The Morgan fingerprint density at radius 2 is 1.87 bits per heavy atom. The molecule has 0 aliphatic rings. The van der Waals surface area contributed by atoms with Crippen LogP contribution in [0.15, 0.2) is 24.3 Å². The van der Waals surface area contributed by atoms with Crippen LogP contribution < -0.4 is 0 Å². The SMILES string of the molecule is CCc1sc(CCN(CCc2nc3ccccc3[nH]2)C(=O)OC(C)(C)C)nc1C(=O)O. The van der Waals surface area contributed by atoms with E-state index in [1.165, 1.54) is 11.3 Å². The van der Waals surface area contributed by atoms with Gasteiger partial charge in [-0.2, -0.15) is 0 Å². The largest absolute Gasteiger partial charge is 0.476 e. The van der Waals surface area contributed by atoms with Gasteiger partial charge in [0.15, 0.2) is 5.69 Å². The van der Waals surface area contributed by atoms with Crippen molar-refractivity contribution in [2.75, 3.05) is 13.1 Å². The van der Waals surface area contributed by atoms with E-state index in [1.54, 1.807) is 4.90 Å². The number of rotatable bonds is 8. The highest BCUT2D eigenvalue weighted by molar-refractivity contribution is 7.11. The Labute approximate surface area is 185 Å². The van der Waals surface area contributed by atoms with Gasteiger partial charge in [0.05, 0.1) is 16.0 Å². The number of carbonyl (C=O) groups excluding carboxylic acids is 1. The number of hydrogen-bond acceptors (Lipinski definition) is 6. The van der Waals surface area contributed by atoms with Crippen LogP contribution in [0.5, 0.6) is 0 Å². The van der Waals surface area contributed by atoms with E-state index < -0.39 is 17.7 Å². The van der Waals surface area contributed by atoms with E-state index in [-0.39, 0.29) is 5.69 Å². The van der Waals surface area contributed by atoms with Gasteiger partial charge >= 0.3 is 12.1 Å². The summed E-state index contributed by atoms with van der Waals surface area (Å²) in [6, 6.07) is 7.78. The normalized spacial score (nSPS) is 11.6. The second-order valence-electron chi connectivity index (χ2n) is 8.21. The monoisotopic (exact) mass is 444 g/mol. The molecule has 3 aromatic rings. The summed E-state index contributed by atoms with van der Waals surface area (Å²) < 4.78 is 5.57. The number of thiazole rings is 1. The quantitative estimate of drug-likeness (QED) is 0.536. The molecule has 1 amide bonds. The number of aromatic amines is 1. The maximum absolute atomic E-state index is 12.8. The number of carboxylic acid groups (broad SMARTS) is 1. The van der Waals surface area contributed by atoms with Crippen LogP contribution in [0.25, 0.3) is 11.0 Å². The second-order valence-corrected chi connectivity index (χ2v) is 9.37. The number of para-hydroxylation sites is 2. The molecule has 0 saturated heterocycles. The van der Waals surface area contributed by atoms with Crippen molar-refractivity contribution in [3.05, 3.63) is 45.7 Å². The number of aryl methyl sites for hydroxylation is 1. The first-order valence-corrected chi connectivity index (χ1v) is 11.1. The van der Waals surface area contributed by atoms with Gasteiger partial charge in [-0.05, 0) is 39.3 Å². The molecule has 0 spiro atoms. The summed E-state index contributed by atoms with van der Waals surface area (Å²) in [5.41, 5.74) is 1.34. The Morgan fingerprint density at radius 1 is 1.16 bits per heavy atom. The number of ether oxygens (including phenoxy) is 1. The fraction of sp³-hybridized carbons (Fsp3) is 0.455. The van der Waals surface area contributed by atoms with Crippen LogP contribution in [0.4, 0.5) is 4.79 Å². The zero-order chi connectivity index (χ0) is 22.6. The summed E-state index contributed by atoms with van der Waals surface area (Å²) in [5.74, 6) is -0.223. The Kier molecular flexibility index (Phi) is 6.94. The molecule has 0 unspecified atom stereocenters. The zero-order valence-electron chi connectivity index (χ0n) is 18.3. The van der Waals surface area contributed by atoms with Gasteiger partial charge in [0.2, 0.25) is 0 Å². The molecule has 0 radical (unpaired) electrons. The molecule has 0 fully saturated rings. The number of H-pyrrole nitrogens is 1. The molecule has 9 heteroatoms. The summed E-state index contributed by atoms with van der Waals surface area (Å²) in [6.45, 7) is 8.20. The third-order valence-corrected chi connectivity index (χ3v) is 5.83. The number of nitrogens with one attached hydrogen (secondary N) is 1. The molecule has 0 aliphatic heterocycles. The van der Waals surface area contributed by atoms with Gasteiger partial charge in [0.1, 0.15) is 11.4 Å². The fourth-order valence-corrected chi connectivity index (χ4v) is 4.12. The van der Waals surface area contributed by atoms with Gasteiger partial charge in [-0.25, -0.2) is 19.6 Å². The van der Waals surface area contributed by atoms with Gasteiger partial charge in [-0.3, -0.25) is 0 Å². The summed E-state index contributed by atoms with van der Waals surface area (Å²) in [4.78, 5) is 38.6. The van der Waals surface area contributed by atoms with E-state index in [2.05, 4.69) is 15.0 Å². The highest BCUT2D eigenvalue weighted by Crippen LogP contribution is 2.21. The lowest BCUT2D eigenvalue weighted by molar-refractivity contribution is 0.0253. The molecule has 0 saturated carbocycles. The van der Waals surface area contributed by atoms with E-state index in [0.717, 1.165) is 21.7 Å². The van der Waals surface area contributed by atoms with Crippen molar-refractivity contribution in [1.29, 1.82) is 0 Å². The van der Waals surface area contributed by atoms with Gasteiger partial charge in [0, 0.05) is 30.8 Å². The molecule has 166 valence electrons. The van der Waals surface area contributed by atoms with Crippen molar-refractivity contribution in [2.24, 2.45) is 0 Å². The third-order valence-electron chi connectivity index (χ3n) is 4.57. The van der Waals surface area contributed by atoms with Crippen LogP contribution >= 0.6 is 11.3 Å². The minimum atomic E-state index is -1.02. The molecular weight excluding hydrogens is 416 g/mol. The molecule has 0 bridgehead atoms. The Morgan fingerprint density at radius 3 is 2.48 bits per heavy atom. The number of nitrogens with zero attached hydrogens (tertiary/aromatic N) is 3. The predicted molar refractivity (Wildman–Crippen MR) is 120 cm³/mol. The van der Waals surface area contributed by atoms with Crippen LogP contribution in [0.2, 0.25) is 0 Å². The average molecular weight is 445 g/mol. The summed E-state index contributed by atoms with van der Waals surface area (Å²) in [6.07, 6.45) is 1.21. The van der Waals surface area contributed by atoms with Crippen molar-refractivity contribution in [2.45, 2.75) is 52.6 Å². The highest BCUT2D eigenvalue weighted by atomic mass is 32.1. The lowest BCUT2D eigenvalue weighted by atomic mass is 10.2. The van der Waals surface area contributed by atoms with Crippen molar-refractivity contribution in [3.8, 4) is 0 Å². The van der Waals surface area contributed by atoms with Gasteiger partial charge in [0.25, 0.3) is 0 Å². The van der Waals surface area contributed by atoms with Gasteiger partial charge in [-0.1, -0.05) is 19.1 Å². The maximum atomic E-state index is 12.8. The average Bonchev–Trinajstić information content (AvgIpc) is 3.29. The molecular formula is C22H28N4O4S. The number of aromatic carboxylic acids is 1. The third kappa shape index (κ3) is 6.04. The Hall–Kier alpha value is -2.94. The molecule has 3 rings (SSSR count). The van der Waals surface area contributed by atoms with E-state index in [4.69, 9.17) is 4.74 Å². The molecule has 2 heterocycles. The Bertz CT molecular complexity index is 1030. The number of fused-ring (bicyclic) bond motifs is 1. The number of hydrogen-bond donors (Lipinski definition) is 2. The smallest absolute Gasteiger partial charge is 0.410 e. The first kappa shape index (κ1) is 22.7. The summed E-state index contributed by atoms with van der Waals surface area (Å²) in [5, 5.41) is 10.0. The second kappa shape index (κ2) is 9.47. The Balaban J connectivity index is 1.71. The molecule has 31 heavy (non-hydrogen) atoms. The van der Waals surface area contributed by atoms with Crippen molar-refractivity contribution in [3.63, 3.8) is 0 Å². The molecule has 2 aromatic heterocycles. The van der Waals surface area contributed by atoms with Crippen LogP contribution in [-0.2, 0) is 24.0 Å². The van der Waals surface area contributed by atoms with Crippen molar-refractivity contribution < 1.29 is 19.4 Å². The topological polar surface area (TPSA) is 108 Å². The number of amides is 1. The number of benzene rings is 1. The van der Waals surface area contributed by atoms with Crippen molar-refractivity contribution >= 4 is 34.4 Å². The number of carbonyl (C=O) groups is 2. The highest BCUT2D eigenvalue weighted by Gasteiger charge is 2.23. The lowest BCUT2D eigenvalue weighted by Gasteiger charge is -2.27. The maximum Gasteiger partial charge on any atom is 0.410 e. The predicted octanol–water partition coefficient (Wildman–Crippen LogP) is 4.30. The van der Waals surface area contributed by atoms with Crippen LogP contribution in [0.3, 0.4) is 0 Å². The zero-order valence-corrected chi connectivity index (χ0v) is 19.1. The molecule has 0 aliphatic carbocycles. The first-order valence-electron chi connectivity index (χ1n) is 10.3. The number of imidazole rings is 1. The van der Waals surface area contributed by atoms with E-state index in [9.17, 15) is 14.7 Å². The van der Waals surface area contributed by atoms with Crippen LogP contribution in [0, 0.1) is 0 Å². The minimum Gasteiger partial charge on any atom is -0.476 e. The van der Waals surface area contributed by atoms with Gasteiger partial charge in [-0.15, -0.1) is 11.3 Å². The van der Waals surface area contributed by atoms with E-state index in [0.29, 0.717) is 37.4 Å². The first-order chi connectivity index (χ1) is 14.7. The molecule has 2 N–H and O–H groups in total. The molecule has 0 atom stereocenters. The number of aromatic nitrogens is 3. The number of carboxylic acids is 1. The lowest BCUT2D eigenvalue weighted by Crippen LogP contribution is -2.39. The summed E-state index contributed by atoms with van der Waals surface area (Å²) in [7, 11) is 0. The minimum absolute atomic E-state index is 0.105. The van der Waals surface area contributed by atoms with Gasteiger partial charge < -0.3 is 19.7 Å². The molecule has 1 aromatic carbocycles. The molecule has 8 nitrogen and oxygen atoms in total. The standard InChI is InChI=1S/C22H28N4O4S/c1-5-16-19(20(27)28)25-18(31-16)11-13-26(21(29)30-22(2,3)4)12-10-17-23-14-8-6-7-9-15(14)24-17/h6-9H,5,10-13H2,1-4H3,(H,23,24)(H,27,28). The van der Waals surface area contributed by atoms with Crippen LogP contribution in [0.1, 0.15) is 53.9 Å².